The highest BCUT2D eigenvalue weighted by molar-refractivity contribution is 6.28. The number of fused-ring (bicyclic) bond motifs is 1. The minimum Gasteiger partial charge on any atom is -0.479 e. The van der Waals surface area contributed by atoms with E-state index in [1.54, 1.807) is 72.8 Å². The monoisotopic (exact) mass is 645 g/mol. The maximum absolute atomic E-state index is 13.1. The summed E-state index contributed by atoms with van der Waals surface area (Å²) in [6.45, 7) is -0.412. The summed E-state index contributed by atoms with van der Waals surface area (Å²) in [6, 6.07) is 21.8. The molecule has 1 fully saturated rings. The Balaban J connectivity index is 1.28. The topological polar surface area (TPSA) is 203 Å². The van der Waals surface area contributed by atoms with Gasteiger partial charge in [0, 0.05) is 6.42 Å². The number of hydrogen-bond donors (Lipinski definition) is 5. The van der Waals surface area contributed by atoms with E-state index in [2.05, 4.69) is 15.0 Å². The second-order valence-electron chi connectivity index (χ2n) is 10.8. The summed E-state index contributed by atoms with van der Waals surface area (Å²) in [5.41, 5.74) is 6.60. The van der Waals surface area contributed by atoms with Crippen molar-refractivity contribution in [3.05, 3.63) is 107 Å². The Morgan fingerprint density at radius 2 is 1.65 bits per heavy atom. The zero-order chi connectivity index (χ0) is 32.6. The van der Waals surface area contributed by atoms with Gasteiger partial charge in [0.2, 0.25) is 5.28 Å². The zero-order valence-electron chi connectivity index (χ0n) is 24.0. The van der Waals surface area contributed by atoms with Gasteiger partial charge in [-0.3, -0.25) is 4.57 Å². The molecule has 6 rings (SSSR count). The molecule has 0 spiro atoms. The second-order valence-corrected chi connectivity index (χ2v) is 11.1. The third-order valence-corrected chi connectivity index (χ3v) is 8.16. The van der Waals surface area contributed by atoms with E-state index < -0.39 is 48.7 Å². The molecule has 5 aromatic rings. The summed E-state index contributed by atoms with van der Waals surface area (Å²) in [4.78, 5) is 36.9. The Morgan fingerprint density at radius 3 is 2.35 bits per heavy atom. The molecule has 1 aliphatic heterocycles. The quantitative estimate of drug-likeness (QED) is 0.139. The van der Waals surface area contributed by atoms with E-state index >= 15 is 0 Å². The van der Waals surface area contributed by atoms with Crippen molar-refractivity contribution in [3.8, 4) is 11.1 Å². The number of imidazole rings is 1. The van der Waals surface area contributed by atoms with Crippen LogP contribution < -0.4 is 5.73 Å². The molecule has 0 bridgehead atoms. The zero-order valence-corrected chi connectivity index (χ0v) is 24.7. The number of hydrogen-bond acceptors (Lipinski definition) is 10. The van der Waals surface area contributed by atoms with Gasteiger partial charge in [0.1, 0.15) is 23.8 Å². The molecule has 0 aliphatic carbocycles. The lowest BCUT2D eigenvalue weighted by molar-refractivity contribution is -0.176. The molecule has 0 saturated carbocycles. The Kier molecular flexibility index (Phi) is 8.42. The van der Waals surface area contributed by atoms with E-state index in [-0.39, 0.29) is 34.2 Å². The fourth-order valence-corrected chi connectivity index (χ4v) is 5.80. The molecule has 6 N–H and O–H groups in total. The molecule has 1 aliphatic rings. The molecule has 0 amide bonds. The molecule has 236 valence electrons. The third-order valence-electron chi connectivity index (χ3n) is 7.99. The molecule has 13 nitrogen and oxygen atoms in total. The number of aromatic nitrogens is 4. The first-order chi connectivity index (χ1) is 22.1. The highest BCUT2D eigenvalue weighted by Gasteiger charge is 2.48. The number of halogens is 1. The van der Waals surface area contributed by atoms with Crippen molar-refractivity contribution in [1.82, 2.24) is 19.5 Å². The van der Waals surface area contributed by atoms with Gasteiger partial charge in [0.25, 0.3) is 0 Å². The Hall–Kier alpha value is -4.92. The molecule has 3 aromatic carbocycles. The van der Waals surface area contributed by atoms with Crippen LogP contribution in [-0.4, -0.2) is 76.8 Å². The number of rotatable bonds is 10. The fraction of sp³-hybridized carbons (Fsp3) is 0.219. The minimum atomic E-state index is -1.93. The molecule has 3 heterocycles. The number of anilines is 1. The van der Waals surface area contributed by atoms with Crippen molar-refractivity contribution in [1.29, 1.82) is 0 Å². The molecule has 0 radical (unpaired) electrons. The van der Waals surface area contributed by atoms with Crippen molar-refractivity contribution in [2.45, 2.75) is 36.6 Å². The first-order valence-corrected chi connectivity index (χ1v) is 14.5. The number of benzene rings is 3. The predicted octanol–water partition coefficient (Wildman–Crippen LogP) is 3.29. The van der Waals surface area contributed by atoms with Gasteiger partial charge in [-0.2, -0.15) is 9.97 Å². The SMILES string of the molecule is Nc1nc(Cl)nc2c1ncn2[C@@H]1O[C@H](COC(Cc2ccc(-c3ccccc3C(=O)O)cc2)(C(=O)O)c2ccccc2)[C@@H](O)[C@H]1O. The van der Waals surface area contributed by atoms with Crippen LogP contribution in [0.2, 0.25) is 5.28 Å². The van der Waals surface area contributed by atoms with Gasteiger partial charge in [0.05, 0.1) is 18.5 Å². The average Bonchev–Trinajstić information content (AvgIpc) is 3.59. The van der Waals surface area contributed by atoms with Crippen LogP contribution in [0.1, 0.15) is 27.7 Å². The van der Waals surface area contributed by atoms with Crippen LogP contribution in [0.25, 0.3) is 22.3 Å². The molecule has 14 heteroatoms. The summed E-state index contributed by atoms with van der Waals surface area (Å²) < 4.78 is 13.5. The number of nitrogen functional groups attached to an aromatic ring is 1. The number of aliphatic carboxylic acids is 1. The van der Waals surface area contributed by atoms with Crippen molar-refractivity contribution in [2.24, 2.45) is 0 Å². The van der Waals surface area contributed by atoms with E-state index in [0.29, 0.717) is 22.3 Å². The van der Waals surface area contributed by atoms with Gasteiger partial charge < -0.3 is 35.6 Å². The van der Waals surface area contributed by atoms with Gasteiger partial charge in [0.15, 0.2) is 23.3 Å². The Labute approximate surface area is 266 Å². The van der Waals surface area contributed by atoms with E-state index in [9.17, 15) is 30.0 Å². The molecule has 2 aromatic heterocycles. The number of nitrogens with zero attached hydrogens (tertiary/aromatic N) is 4. The van der Waals surface area contributed by atoms with Gasteiger partial charge in [-0.15, -0.1) is 0 Å². The van der Waals surface area contributed by atoms with E-state index in [0.717, 1.165) is 0 Å². The van der Waals surface area contributed by atoms with E-state index in [1.807, 2.05) is 0 Å². The molecule has 46 heavy (non-hydrogen) atoms. The van der Waals surface area contributed by atoms with Crippen molar-refractivity contribution in [3.63, 3.8) is 0 Å². The lowest BCUT2D eigenvalue weighted by Crippen LogP contribution is -2.44. The highest BCUT2D eigenvalue weighted by Crippen LogP contribution is 2.36. The predicted molar refractivity (Wildman–Crippen MR) is 165 cm³/mol. The molecule has 1 unspecified atom stereocenters. The van der Waals surface area contributed by atoms with Crippen LogP contribution in [0.15, 0.2) is 85.2 Å². The van der Waals surface area contributed by atoms with Gasteiger partial charge in [-0.05, 0) is 39.9 Å². The smallest absolute Gasteiger partial charge is 0.341 e. The Bertz CT molecular complexity index is 1900. The number of aliphatic hydroxyl groups excluding tert-OH is 2. The summed E-state index contributed by atoms with van der Waals surface area (Å²) >= 11 is 5.97. The lowest BCUT2D eigenvalue weighted by Gasteiger charge is -2.32. The van der Waals surface area contributed by atoms with Crippen LogP contribution in [-0.2, 0) is 26.3 Å². The number of aliphatic hydroxyl groups is 2. The molecular weight excluding hydrogens is 618 g/mol. The average molecular weight is 646 g/mol. The fourth-order valence-electron chi connectivity index (χ4n) is 5.63. The molecule has 5 atom stereocenters. The van der Waals surface area contributed by atoms with Crippen LogP contribution in [0.5, 0.6) is 0 Å². The molecular formula is C32H28ClN5O8. The summed E-state index contributed by atoms with van der Waals surface area (Å²) in [5, 5.41) is 42.0. The lowest BCUT2D eigenvalue weighted by atomic mass is 9.86. The first-order valence-electron chi connectivity index (χ1n) is 14.1. The number of carboxylic acid groups (broad SMARTS) is 2. The van der Waals surface area contributed by atoms with Crippen LogP contribution in [0.3, 0.4) is 0 Å². The minimum absolute atomic E-state index is 0.0231. The molecule has 1 saturated heterocycles. The van der Waals surface area contributed by atoms with Gasteiger partial charge >= 0.3 is 11.9 Å². The maximum atomic E-state index is 13.1. The number of aromatic carboxylic acids is 1. The van der Waals surface area contributed by atoms with E-state index in [1.165, 1.54) is 17.0 Å². The highest BCUT2D eigenvalue weighted by atomic mass is 35.5. The third kappa shape index (κ3) is 5.66. The number of carbonyl (C=O) groups is 2. The Morgan fingerprint density at radius 1 is 0.957 bits per heavy atom. The normalized spacial score (nSPS) is 20.8. The van der Waals surface area contributed by atoms with Crippen LogP contribution in [0, 0.1) is 0 Å². The standard InChI is InChI=1S/C32H28ClN5O8/c33-31-36-26(34)23-27(37-31)38(16-35-23)28-25(40)24(39)22(46-28)15-45-32(30(43)44,19-6-2-1-3-7-19)14-17-10-12-18(13-11-17)20-8-4-5-9-21(20)29(41)42/h1-13,16,22,24-25,28,39-40H,14-15H2,(H,41,42)(H,43,44)(H2,34,36,37)/t22-,24-,25-,28-,32?/m1/s1. The van der Waals surface area contributed by atoms with Crippen molar-refractivity contribution < 1.29 is 39.5 Å². The van der Waals surface area contributed by atoms with Crippen LogP contribution >= 0.6 is 11.6 Å². The second kappa shape index (κ2) is 12.5. The maximum Gasteiger partial charge on any atom is 0.341 e. The van der Waals surface area contributed by atoms with Gasteiger partial charge in [-0.1, -0.05) is 72.8 Å². The van der Waals surface area contributed by atoms with Crippen molar-refractivity contribution >= 4 is 40.5 Å². The first kappa shape index (κ1) is 31.1. The van der Waals surface area contributed by atoms with Gasteiger partial charge in [-0.25, -0.2) is 14.6 Å². The number of ether oxygens (including phenoxy) is 2. The van der Waals surface area contributed by atoms with Crippen molar-refractivity contribution in [2.75, 3.05) is 12.3 Å². The van der Waals surface area contributed by atoms with E-state index in [4.69, 9.17) is 26.8 Å². The summed E-state index contributed by atoms with van der Waals surface area (Å²) in [7, 11) is 0. The number of carboxylic acids is 2. The van der Waals surface area contributed by atoms with Crippen LogP contribution in [0.4, 0.5) is 5.82 Å². The number of nitrogens with two attached hydrogens (primary N) is 1. The largest absolute Gasteiger partial charge is 0.479 e. The summed E-state index contributed by atoms with van der Waals surface area (Å²) in [6.07, 6.45) is -4.05. The summed E-state index contributed by atoms with van der Waals surface area (Å²) in [5.74, 6) is -2.32.